The average Bonchev–Trinajstić information content (AvgIpc) is 2.51. The lowest BCUT2D eigenvalue weighted by atomic mass is 9.84. The third-order valence-corrected chi connectivity index (χ3v) is 4.32. The summed E-state index contributed by atoms with van der Waals surface area (Å²) in [6, 6.07) is 0.582. The van der Waals surface area contributed by atoms with Crippen LogP contribution in [0.5, 0.6) is 0 Å². The normalized spacial score (nSPS) is 21.8. The van der Waals surface area contributed by atoms with E-state index in [9.17, 15) is 0 Å². The molecule has 1 heterocycles. The molecule has 18 heavy (non-hydrogen) atoms. The lowest BCUT2D eigenvalue weighted by Crippen LogP contribution is -2.47. The van der Waals surface area contributed by atoms with Crippen molar-refractivity contribution in [3.63, 3.8) is 0 Å². The number of rotatable bonds is 6. The van der Waals surface area contributed by atoms with Gasteiger partial charge in [-0.1, -0.05) is 20.8 Å². The van der Waals surface area contributed by atoms with Crippen molar-refractivity contribution in [3.05, 3.63) is 0 Å². The molecule has 0 spiro atoms. The Morgan fingerprint density at radius 1 is 1.17 bits per heavy atom. The Bertz CT molecular complexity index is 228. The molecular formula is C15H33N3. The van der Waals surface area contributed by atoms with E-state index in [1.54, 1.807) is 0 Å². The SMILES string of the molecule is CCCNC(C)C(C)(C)CN1CCCN(C)CC1. The monoisotopic (exact) mass is 255 g/mol. The highest BCUT2D eigenvalue weighted by atomic mass is 15.2. The maximum absolute atomic E-state index is 3.65. The van der Waals surface area contributed by atoms with Crippen LogP contribution in [-0.2, 0) is 0 Å². The Balaban J connectivity index is 2.42. The molecule has 1 atom stereocenters. The highest BCUT2D eigenvalue weighted by molar-refractivity contribution is 4.84. The predicted molar refractivity (Wildman–Crippen MR) is 80.1 cm³/mol. The standard InChI is InChI=1S/C15H33N3/c1-6-8-16-14(2)15(3,4)13-18-10-7-9-17(5)11-12-18/h14,16H,6-13H2,1-5H3. The van der Waals surface area contributed by atoms with E-state index in [4.69, 9.17) is 0 Å². The van der Waals surface area contributed by atoms with Gasteiger partial charge in [-0.05, 0) is 51.9 Å². The van der Waals surface area contributed by atoms with Crippen molar-refractivity contribution < 1.29 is 0 Å². The Hall–Kier alpha value is -0.120. The minimum Gasteiger partial charge on any atom is -0.314 e. The molecule has 0 amide bonds. The summed E-state index contributed by atoms with van der Waals surface area (Å²) in [5, 5.41) is 3.65. The fraction of sp³-hybridized carbons (Fsp3) is 1.00. The molecule has 0 aromatic rings. The second kappa shape index (κ2) is 7.46. The van der Waals surface area contributed by atoms with E-state index in [0.717, 1.165) is 6.54 Å². The zero-order chi connectivity index (χ0) is 13.6. The van der Waals surface area contributed by atoms with Crippen molar-refractivity contribution in [2.75, 3.05) is 46.3 Å². The highest BCUT2D eigenvalue weighted by Crippen LogP contribution is 2.22. The minimum atomic E-state index is 0.345. The molecule has 1 fully saturated rings. The Morgan fingerprint density at radius 2 is 1.89 bits per heavy atom. The first-order valence-corrected chi connectivity index (χ1v) is 7.60. The first kappa shape index (κ1) is 15.9. The molecule has 1 unspecified atom stereocenters. The van der Waals surface area contributed by atoms with Crippen LogP contribution < -0.4 is 5.32 Å². The van der Waals surface area contributed by atoms with Gasteiger partial charge in [-0.25, -0.2) is 0 Å². The van der Waals surface area contributed by atoms with Gasteiger partial charge in [0, 0.05) is 25.7 Å². The summed E-state index contributed by atoms with van der Waals surface area (Å²) in [6.45, 7) is 16.6. The van der Waals surface area contributed by atoms with Crippen molar-refractivity contribution in [1.82, 2.24) is 15.1 Å². The molecule has 1 rings (SSSR count). The topological polar surface area (TPSA) is 18.5 Å². The maximum Gasteiger partial charge on any atom is 0.0109 e. The van der Waals surface area contributed by atoms with Crippen molar-refractivity contribution in [2.24, 2.45) is 5.41 Å². The van der Waals surface area contributed by atoms with Crippen LogP contribution in [0.2, 0.25) is 0 Å². The summed E-state index contributed by atoms with van der Waals surface area (Å²) in [5.41, 5.74) is 0.345. The number of hydrogen-bond acceptors (Lipinski definition) is 3. The number of nitrogens with one attached hydrogen (secondary N) is 1. The molecule has 0 radical (unpaired) electrons. The Labute approximate surface area is 114 Å². The number of hydrogen-bond donors (Lipinski definition) is 1. The number of nitrogens with zero attached hydrogens (tertiary/aromatic N) is 2. The molecule has 0 aliphatic carbocycles. The van der Waals surface area contributed by atoms with Crippen LogP contribution in [0.3, 0.4) is 0 Å². The number of likely N-dealkylation sites (N-methyl/N-ethyl adjacent to an activating group) is 1. The summed E-state index contributed by atoms with van der Waals surface area (Å²) >= 11 is 0. The summed E-state index contributed by atoms with van der Waals surface area (Å²) in [7, 11) is 2.24. The van der Waals surface area contributed by atoms with Crippen LogP contribution >= 0.6 is 0 Å². The smallest absolute Gasteiger partial charge is 0.0109 e. The van der Waals surface area contributed by atoms with Gasteiger partial charge in [-0.2, -0.15) is 0 Å². The van der Waals surface area contributed by atoms with E-state index >= 15 is 0 Å². The van der Waals surface area contributed by atoms with Gasteiger partial charge in [0.15, 0.2) is 0 Å². The largest absolute Gasteiger partial charge is 0.314 e. The summed E-state index contributed by atoms with van der Waals surface area (Å²) < 4.78 is 0. The van der Waals surface area contributed by atoms with E-state index in [1.807, 2.05) is 0 Å². The lowest BCUT2D eigenvalue weighted by Gasteiger charge is -2.37. The molecular weight excluding hydrogens is 222 g/mol. The molecule has 108 valence electrons. The average molecular weight is 255 g/mol. The minimum absolute atomic E-state index is 0.345. The van der Waals surface area contributed by atoms with Crippen LogP contribution in [0.1, 0.15) is 40.5 Å². The maximum atomic E-state index is 3.65. The summed E-state index contributed by atoms with van der Waals surface area (Å²) in [5.74, 6) is 0. The van der Waals surface area contributed by atoms with E-state index < -0.39 is 0 Å². The second-order valence-corrected chi connectivity index (χ2v) is 6.60. The molecule has 0 aromatic carbocycles. The molecule has 0 saturated carbocycles. The molecule has 3 heteroatoms. The first-order valence-electron chi connectivity index (χ1n) is 7.60. The van der Waals surface area contributed by atoms with Crippen LogP contribution in [0.15, 0.2) is 0 Å². The van der Waals surface area contributed by atoms with Crippen LogP contribution in [-0.4, -0.2) is 62.2 Å². The van der Waals surface area contributed by atoms with Crippen molar-refractivity contribution in [1.29, 1.82) is 0 Å². The van der Waals surface area contributed by atoms with Gasteiger partial charge < -0.3 is 15.1 Å². The van der Waals surface area contributed by atoms with Crippen molar-refractivity contribution in [2.45, 2.75) is 46.6 Å². The Morgan fingerprint density at radius 3 is 2.56 bits per heavy atom. The van der Waals surface area contributed by atoms with Gasteiger partial charge in [0.1, 0.15) is 0 Å². The Kier molecular flexibility index (Phi) is 6.61. The van der Waals surface area contributed by atoms with Gasteiger partial charge in [0.25, 0.3) is 0 Å². The lowest BCUT2D eigenvalue weighted by molar-refractivity contribution is 0.146. The molecule has 3 nitrogen and oxygen atoms in total. The quantitative estimate of drug-likeness (QED) is 0.783. The van der Waals surface area contributed by atoms with Gasteiger partial charge >= 0.3 is 0 Å². The third kappa shape index (κ3) is 5.25. The van der Waals surface area contributed by atoms with E-state index in [1.165, 1.54) is 45.6 Å². The predicted octanol–water partition coefficient (Wildman–Crippen LogP) is 2.04. The second-order valence-electron chi connectivity index (χ2n) is 6.60. The van der Waals surface area contributed by atoms with E-state index in [0.29, 0.717) is 11.5 Å². The molecule has 1 saturated heterocycles. The van der Waals surface area contributed by atoms with Crippen LogP contribution in [0.4, 0.5) is 0 Å². The fourth-order valence-electron chi connectivity index (χ4n) is 2.61. The van der Waals surface area contributed by atoms with Crippen LogP contribution in [0.25, 0.3) is 0 Å². The molecule has 1 N–H and O–H groups in total. The van der Waals surface area contributed by atoms with Crippen molar-refractivity contribution in [3.8, 4) is 0 Å². The summed E-state index contributed by atoms with van der Waals surface area (Å²) in [6.07, 6.45) is 2.53. The summed E-state index contributed by atoms with van der Waals surface area (Å²) in [4.78, 5) is 5.10. The van der Waals surface area contributed by atoms with Gasteiger partial charge in [-0.15, -0.1) is 0 Å². The molecule has 1 aliphatic rings. The van der Waals surface area contributed by atoms with E-state index in [-0.39, 0.29) is 0 Å². The third-order valence-electron chi connectivity index (χ3n) is 4.32. The van der Waals surface area contributed by atoms with Gasteiger partial charge in [-0.3, -0.25) is 0 Å². The zero-order valence-corrected chi connectivity index (χ0v) is 13.1. The fourth-order valence-corrected chi connectivity index (χ4v) is 2.61. The van der Waals surface area contributed by atoms with Crippen LogP contribution in [0, 0.1) is 5.41 Å². The van der Waals surface area contributed by atoms with E-state index in [2.05, 4.69) is 49.9 Å². The molecule has 1 aliphatic heterocycles. The first-order chi connectivity index (χ1) is 8.45. The molecule has 0 aromatic heterocycles. The molecule has 0 bridgehead atoms. The van der Waals surface area contributed by atoms with Crippen molar-refractivity contribution >= 4 is 0 Å². The van der Waals surface area contributed by atoms with Gasteiger partial charge in [0.2, 0.25) is 0 Å². The van der Waals surface area contributed by atoms with Gasteiger partial charge in [0.05, 0.1) is 0 Å². The highest BCUT2D eigenvalue weighted by Gasteiger charge is 2.28. The zero-order valence-electron chi connectivity index (χ0n) is 13.1.